The van der Waals surface area contributed by atoms with Gasteiger partial charge in [0.1, 0.15) is 0 Å². The molecule has 0 unspecified atom stereocenters. The Hall–Kier alpha value is 1.47. The molecular weight excluding hydrogens is 270 g/mol. The number of carbonyl (C=O) groups is 1. The largest absolute Gasteiger partial charge is 1.00 e. The summed E-state index contributed by atoms with van der Waals surface area (Å²) >= 11 is 0. The van der Waals surface area contributed by atoms with Gasteiger partial charge in [0, 0.05) is 6.42 Å². The maximum Gasteiger partial charge on any atom is 1.00 e. The molecular formula is C16H34Na2O2. The van der Waals surface area contributed by atoms with Crippen molar-refractivity contribution >= 4 is 5.97 Å². The Morgan fingerprint density at radius 1 is 0.700 bits per heavy atom. The normalized spacial score (nSPS) is 9.65. The van der Waals surface area contributed by atoms with Gasteiger partial charge in [-0.15, -0.1) is 0 Å². The van der Waals surface area contributed by atoms with Gasteiger partial charge >= 0.3 is 65.1 Å². The monoisotopic (exact) mass is 304 g/mol. The molecule has 0 saturated heterocycles. The zero-order chi connectivity index (χ0) is 13.5. The van der Waals surface area contributed by atoms with Crippen LogP contribution in [0.2, 0.25) is 0 Å². The van der Waals surface area contributed by atoms with E-state index in [-0.39, 0.29) is 62.0 Å². The first-order valence-electron chi connectivity index (χ1n) is 7.99. The average Bonchev–Trinajstić information content (AvgIpc) is 2.34. The molecule has 0 radical (unpaired) electrons. The Balaban J connectivity index is -0.000000241. The van der Waals surface area contributed by atoms with E-state index in [0.717, 1.165) is 12.8 Å². The number of carboxylic acids is 1. The summed E-state index contributed by atoms with van der Waals surface area (Å²) in [5, 5.41) is 8.49. The molecule has 0 saturated carbocycles. The van der Waals surface area contributed by atoms with E-state index in [2.05, 4.69) is 6.92 Å². The SMILES string of the molecule is CCCCCCCCCCCCCCCC(=O)O.[H-].[H-].[Na+].[Na+]. The average molecular weight is 304 g/mol. The summed E-state index contributed by atoms with van der Waals surface area (Å²) in [6, 6.07) is 0. The molecule has 0 aromatic heterocycles. The molecule has 20 heavy (non-hydrogen) atoms. The summed E-state index contributed by atoms with van der Waals surface area (Å²) in [6.07, 6.45) is 17.3. The van der Waals surface area contributed by atoms with Crippen molar-refractivity contribution in [3.8, 4) is 0 Å². The van der Waals surface area contributed by atoms with Crippen LogP contribution in [0.4, 0.5) is 0 Å². The summed E-state index contributed by atoms with van der Waals surface area (Å²) in [4.78, 5) is 10.3. The molecule has 0 aromatic rings. The molecule has 0 atom stereocenters. The number of rotatable bonds is 14. The first-order valence-corrected chi connectivity index (χ1v) is 7.99. The molecule has 0 aromatic carbocycles. The summed E-state index contributed by atoms with van der Waals surface area (Å²) in [7, 11) is 0. The molecule has 0 aliphatic heterocycles. The number of hydrogen-bond donors (Lipinski definition) is 1. The molecule has 0 fully saturated rings. The van der Waals surface area contributed by atoms with E-state index in [9.17, 15) is 4.79 Å². The minimum Gasteiger partial charge on any atom is -1.00 e. The smallest absolute Gasteiger partial charge is 1.00 e. The number of carboxylic acid groups (broad SMARTS) is 1. The van der Waals surface area contributed by atoms with Crippen molar-refractivity contribution < 1.29 is 71.9 Å². The Morgan fingerprint density at radius 2 is 1.00 bits per heavy atom. The second kappa shape index (κ2) is 22.7. The van der Waals surface area contributed by atoms with Crippen LogP contribution >= 0.6 is 0 Å². The van der Waals surface area contributed by atoms with E-state index >= 15 is 0 Å². The van der Waals surface area contributed by atoms with Crippen LogP contribution in [0.5, 0.6) is 0 Å². The molecule has 0 amide bonds. The fourth-order valence-electron chi connectivity index (χ4n) is 2.29. The van der Waals surface area contributed by atoms with E-state index in [1.807, 2.05) is 0 Å². The molecule has 0 aliphatic carbocycles. The molecule has 4 heteroatoms. The Labute approximate surface area is 173 Å². The first-order chi connectivity index (χ1) is 8.77. The third-order valence-corrected chi connectivity index (χ3v) is 3.49. The van der Waals surface area contributed by atoms with Gasteiger partial charge in [0.15, 0.2) is 0 Å². The van der Waals surface area contributed by atoms with Crippen LogP contribution in [0, 0.1) is 0 Å². The second-order valence-electron chi connectivity index (χ2n) is 5.39. The van der Waals surface area contributed by atoms with Crippen LogP contribution in [0.3, 0.4) is 0 Å². The van der Waals surface area contributed by atoms with Crippen LogP contribution in [0.25, 0.3) is 0 Å². The number of hydrogen-bond acceptors (Lipinski definition) is 1. The second-order valence-corrected chi connectivity index (χ2v) is 5.39. The van der Waals surface area contributed by atoms with Crippen LogP contribution in [-0.2, 0) is 4.79 Å². The van der Waals surface area contributed by atoms with Crippen LogP contribution in [-0.4, -0.2) is 11.1 Å². The van der Waals surface area contributed by atoms with Gasteiger partial charge in [-0.05, 0) is 6.42 Å². The van der Waals surface area contributed by atoms with E-state index < -0.39 is 5.97 Å². The zero-order valence-corrected chi connectivity index (χ0v) is 18.3. The van der Waals surface area contributed by atoms with Gasteiger partial charge in [0.25, 0.3) is 0 Å². The van der Waals surface area contributed by atoms with Gasteiger partial charge in [-0.2, -0.15) is 0 Å². The van der Waals surface area contributed by atoms with Gasteiger partial charge < -0.3 is 7.96 Å². The van der Waals surface area contributed by atoms with Crippen LogP contribution in [0.15, 0.2) is 0 Å². The van der Waals surface area contributed by atoms with Crippen molar-refractivity contribution in [3.63, 3.8) is 0 Å². The topological polar surface area (TPSA) is 37.3 Å². The number of aliphatic carboxylic acids is 1. The van der Waals surface area contributed by atoms with Gasteiger partial charge in [0.2, 0.25) is 0 Å². The third kappa shape index (κ3) is 24.5. The number of unbranched alkanes of at least 4 members (excludes halogenated alkanes) is 12. The van der Waals surface area contributed by atoms with Gasteiger partial charge in [-0.1, -0.05) is 84.0 Å². The summed E-state index contributed by atoms with van der Waals surface area (Å²) in [5.41, 5.74) is 0. The predicted octanol–water partition coefficient (Wildman–Crippen LogP) is -0.215. The maximum absolute atomic E-state index is 10.3. The maximum atomic E-state index is 10.3. The summed E-state index contributed by atoms with van der Waals surface area (Å²) < 4.78 is 0. The molecule has 0 bridgehead atoms. The standard InChI is InChI=1S/C16H32O2.2Na.2H/c1-2-3-4-5-6-7-8-9-10-11-12-13-14-15-16(17)18;;;;/h2-15H2,1H3,(H,17,18);;;;/q;2*+1;2*-1. The van der Waals surface area contributed by atoms with E-state index in [0.29, 0.717) is 6.42 Å². The van der Waals surface area contributed by atoms with Crippen molar-refractivity contribution in [2.24, 2.45) is 0 Å². The van der Waals surface area contributed by atoms with Crippen LogP contribution in [0.1, 0.15) is 99.7 Å². The zero-order valence-electron chi connectivity index (χ0n) is 16.3. The van der Waals surface area contributed by atoms with Crippen molar-refractivity contribution in [3.05, 3.63) is 0 Å². The minimum absolute atomic E-state index is 0. The fourth-order valence-corrected chi connectivity index (χ4v) is 2.29. The van der Waals surface area contributed by atoms with E-state index in [1.54, 1.807) is 0 Å². The fraction of sp³-hybridized carbons (Fsp3) is 0.938. The molecule has 2 nitrogen and oxygen atoms in total. The summed E-state index contributed by atoms with van der Waals surface area (Å²) in [6.45, 7) is 2.26. The van der Waals surface area contributed by atoms with E-state index in [1.165, 1.54) is 70.6 Å². The molecule has 0 heterocycles. The first kappa shape index (κ1) is 26.4. The Kier molecular flexibility index (Phi) is 30.0. The molecule has 0 aliphatic rings. The molecule has 0 rings (SSSR count). The molecule has 112 valence electrons. The van der Waals surface area contributed by atoms with Crippen molar-refractivity contribution in [2.45, 2.75) is 96.8 Å². The third-order valence-electron chi connectivity index (χ3n) is 3.49. The quantitative estimate of drug-likeness (QED) is 0.356. The van der Waals surface area contributed by atoms with Crippen LogP contribution < -0.4 is 59.1 Å². The van der Waals surface area contributed by atoms with Crippen molar-refractivity contribution in [1.29, 1.82) is 0 Å². The van der Waals surface area contributed by atoms with Gasteiger partial charge in [0.05, 0.1) is 0 Å². The Bertz CT molecular complexity index is 197. The van der Waals surface area contributed by atoms with Gasteiger partial charge in [-0.3, -0.25) is 4.79 Å². The summed E-state index contributed by atoms with van der Waals surface area (Å²) in [5.74, 6) is -0.655. The van der Waals surface area contributed by atoms with Gasteiger partial charge in [-0.25, -0.2) is 0 Å². The minimum atomic E-state index is -0.655. The molecule has 1 N–H and O–H groups in total. The molecule has 0 spiro atoms. The van der Waals surface area contributed by atoms with E-state index in [4.69, 9.17) is 5.11 Å². The predicted molar refractivity (Wildman–Crippen MR) is 80.2 cm³/mol. The Morgan fingerprint density at radius 3 is 1.30 bits per heavy atom. The van der Waals surface area contributed by atoms with Crippen molar-refractivity contribution in [2.75, 3.05) is 0 Å². The van der Waals surface area contributed by atoms with Crippen molar-refractivity contribution in [1.82, 2.24) is 0 Å².